The van der Waals surface area contributed by atoms with Crippen LogP contribution in [0.4, 0.5) is 11.4 Å². The molecule has 3 rings (SSSR count). The molecule has 0 bridgehead atoms. The van der Waals surface area contributed by atoms with Gasteiger partial charge in [-0.1, -0.05) is 36.4 Å². The van der Waals surface area contributed by atoms with E-state index in [0.29, 0.717) is 0 Å². The maximum atomic E-state index is 12.9. The molecule has 0 aliphatic carbocycles. The monoisotopic (exact) mass is 324 g/mol. The Morgan fingerprint density at radius 1 is 0.917 bits per heavy atom. The Hall–Kier alpha value is -2.21. The Bertz CT molecular complexity index is 599. The number of nitrogens with one attached hydrogen (secondary N) is 1. The van der Waals surface area contributed by atoms with Crippen molar-refractivity contribution < 1.29 is 4.79 Å². The van der Waals surface area contributed by atoms with Gasteiger partial charge in [-0.3, -0.25) is 9.69 Å². The van der Waals surface area contributed by atoms with Crippen LogP contribution in [0.15, 0.2) is 60.7 Å². The van der Waals surface area contributed by atoms with Gasteiger partial charge in [-0.05, 0) is 31.3 Å². The molecule has 0 radical (unpaired) electrons. The van der Waals surface area contributed by atoms with Crippen molar-refractivity contribution in [3.8, 4) is 0 Å². The minimum absolute atomic E-state index is 0.0336. The van der Waals surface area contributed by atoms with Crippen LogP contribution in [0.5, 0.6) is 0 Å². The van der Waals surface area contributed by atoms with E-state index in [2.05, 4.69) is 22.4 Å². The molecule has 0 spiro atoms. The lowest BCUT2D eigenvalue weighted by Crippen LogP contribution is -2.53. The topological polar surface area (TPSA) is 38.8 Å². The molecule has 1 aliphatic heterocycles. The van der Waals surface area contributed by atoms with E-state index in [0.717, 1.165) is 37.6 Å². The molecule has 5 nitrogen and oxygen atoms in total. The van der Waals surface area contributed by atoms with E-state index in [-0.39, 0.29) is 12.5 Å². The van der Waals surface area contributed by atoms with Gasteiger partial charge in [-0.15, -0.1) is 0 Å². The van der Waals surface area contributed by atoms with Gasteiger partial charge in [0.15, 0.2) is 0 Å². The lowest BCUT2D eigenvalue weighted by molar-refractivity contribution is -0.118. The lowest BCUT2D eigenvalue weighted by Gasteiger charge is -2.33. The number of piperazine rings is 1. The van der Waals surface area contributed by atoms with Crippen molar-refractivity contribution >= 4 is 17.3 Å². The molecular weight excluding hydrogens is 300 g/mol. The van der Waals surface area contributed by atoms with Gasteiger partial charge in [0.1, 0.15) is 0 Å². The van der Waals surface area contributed by atoms with E-state index in [9.17, 15) is 4.79 Å². The minimum Gasteiger partial charge on any atom is -0.304 e. The second kappa shape index (κ2) is 8.06. The quantitative estimate of drug-likeness (QED) is 0.914. The zero-order chi connectivity index (χ0) is 16.8. The fourth-order valence-electron chi connectivity index (χ4n) is 2.81. The van der Waals surface area contributed by atoms with Crippen LogP contribution in [-0.2, 0) is 4.79 Å². The molecule has 24 heavy (non-hydrogen) atoms. The molecule has 1 saturated heterocycles. The van der Waals surface area contributed by atoms with E-state index >= 15 is 0 Å². The smallest absolute Gasteiger partial charge is 0.246 e. The number of anilines is 2. The second-order valence-corrected chi connectivity index (χ2v) is 6.03. The average Bonchev–Trinajstić information content (AvgIpc) is 2.63. The SMILES string of the molecule is CN1CCN(NCC(=O)N(c2ccccc2)c2ccccc2)CC1. The number of para-hydroxylation sites is 2. The van der Waals surface area contributed by atoms with Gasteiger partial charge in [0.05, 0.1) is 6.54 Å². The summed E-state index contributed by atoms with van der Waals surface area (Å²) in [5.74, 6) is 0.0336. The second-order valence-electron chi connectivity index (χ2n) is 6.03. The average molecular weight is 324 g/mol. The van der Waals surface area contributed by atoms with E-state index < -0.39 is 0 Å². The fraction of sp³-hybridized carbons (Fsp3) is 0.316. The molecule has 2 aromatic carbocycles. The number of carbonyl (C=O) groups excluding carboxylic acids is 1. The van der Waals surface area contributed by atoms with Crippen LogP contribution in [-0.4, -0.2) is 55.6 Å². The van der Waals surface area contributed by atoms with Crippen LogP contribution in [0.3, 0.4) is 0 Å². The summed E-state index contributed by atoms with van der Waals surface area (Å²) in [6.45, 7) is 4.18. The Balaban J connectivity index is 1.70. The third kappa shape index (κ3) is 4.20. The number of likely N-dealkylation sites (N-methyl/N-ethyl adjacent to an activating group) is 1. The van der Waals surface area contributed by atoms with Gasteiger partial charge in [0.2, 0.25) is 5.91 Å². The summed E-state index contributed by atoms with van der Waals surface area (Å²) < 4.78 is 0. The first-order valence-corrected chi connectivity index (χ1v) is 8.34. The van der Waals surface area contributed by atoms with Gasteiger partial charge < -0.3 is 4.90 Å². The normalized spacial score (nSPS) is 16.0. The first kappa shape index (κ1) is 16.6. The Morgan fingerprint density at radius 2 is 1.42 bits per heavy atom. The van der Waals surface area contributed by atoms with Gasteiger partial charge in [0.25, 0.3) is 0 Å². The zero-order valence-electron chi connectivity index (χ0n) is 14.1. The maximum absolute atomic E-state index is 12.9. The minimum atomic E-state index is 0.0336. The number of nitrogens with zero attached hydrogens (tertiary/aromatic N) is 3. The van der Waals surface area contributed by atoms with Gasteiger partial charge in [-0.2, -0.15) is 0 Å². The number of hydrogen-bond donors (Lipinski definition) is 1. The zero-order valence-corrected chi connectivity index (χ0v) is 14.1. The molecule has 1 aliphatic rings. The number of hydrogen-bond acceptors (Lipinski definition) is 4. The molecule has 2 aromatic rings. The molecular formula is C19H24N4O. The third-order valence-electron chi connectivity index (χ3n) is 4.24. The van der Waals surface area contributed by atoms with Crippen LogP contribution < -0.4 is 10.3 Å². The van der Waals surface area contributed by atoms with Crippen molar-refractivity contribution in [3.05, 3.63) is 60.7 Å². The highest BCUT2D eigenvalue weighted by Crippen LogP contribution is 2.24. The third-order valence-corrected chi connectivity index (χ3v) is 4.24. The molecule has 1 amide bonds. The highest BCUT2D eigenvalue weighted by molar-refractivity contribution is 6.01. The van der Waals surface area contributed by atoms with Crippen molar-refractivity contribution in [2.24, 2.45) is 0 Å². The van der Waals surface area contributed by atoms with Crippen molar-refractivity contribution in [1.29, 1.82) is 0 Å². The molecule has 0 unspecified atom stereocenters. The highest BCUT2D eigenvalue weighted by Gasteiger charge is 2.19. The van der Waals surface area contributed by atoms with Crippen molar-refractivity contribution in [2.45, 2.75) is 0 Å². The van der Waals surface area contributed by atoms with E-state index in [1.807, 2.05) is 60.7 Å². The summed E-state index contributed by atoms with van der Waals surface area (Å²) >= 11 is 0. The van der Waals surface area contributed by atoms with Crippen LogP contribution in [0.2, 0.25) is 0 Å². The van der Waals surface area contributed by atoms with E-state index in [1.165, 1.54) is 0 Å². The molecule has 0 atom stereocenters. The number of hydrazine groups is 1. The van der Waals surface area contributed by atoms with Crippen LogP contribution in [0.1, 0.15) is 0 Å². The molecule has 0 aromatic heterocycles. The first-order chi connectivity index (χ1) is 11.7. The predicted molar refractivity (Wildman–Crippen MR) is 97.1 cm³/mol. The highest BCUT2D eigenvalue weighted by atomic mass is 16.2. The predicted octanol–water partition coefficient (Wildman–Crippen LogP) is 2.10. The molecule has 1 heterocycles. The molecule has 5 heteroatoms. The summed E-state index contributed by atoms with van der Waals surface area (Å²) in [4.78, 5) is 16.9. The molecule has 1 N–H and O–H groups in total. The van der Waals surface area contributed by atoms with Gasteiger partial charge >= 0.3 is 0 Å². The Kier molecular flexibility index (Phi) is 5.59. The summed E-state index contributed by atoms with van der Waals surface area (Å²) in [5.41, 5.74) is 5.04. The van der Waals surface area contributed by atoms with Crippen molar-refractivity contribution in [2.75, 3.05) is 44.7 Å². The van der Waals surface area contributed by atoms with Gasteiger partial charge in [0, 0.05) is 37.6 Å². The lowest BCUT2D eigenvalue weighted by atomic mass is 10.2. The van der Waals surface area contributed by atoms with Gasteiger partial charge in [-0.25, -0.2) is 10.4 Å². The summed E-state index contributed by atoms with van der Waals surface area (Å²) in [5, 5.41) is 2.13. The Labute approximate surface area is 143 Å². The maximum Gasteiger partial charge on any atom is 0.246 e. The van der Waals surface area contributed by atoms with Crippen LogP contribution in [0.25, 0.3) is 0 Å². The first-order valence-electron chi connectivity index (χ1n) is 8.34. The van der Waals surface area contributed by atoms with Crippen molar-refractivity contribution in [1.82, 2.24) is 15.3 Å². The van der Waals surface area contributed by atoms with Crippen LogP contribution in [0, 0.1) is 0 Å². The number of benzene rings is 2. The number of amides is 1. The standard InChI is InChI=1S/C19H24N4O/c1-21-12-14-22(15-13-21)20-16-19(24)23(17-8-4-2-5-9-17)18-10-6-3-7-11-18/h2-11,20H,12-16H2,1H3. The van der Waals surface area contributed by atoms with E-state index in [1.54, 1.807) is 4.90 Å². The summed E-state index contributed by atoms with van der Waals surface area (Å²) in [6, 6.07) is 19.6. The number of carbonyl (C=O) groups is 1. The Morgan fingerprint density at radius 3 is 1.92 bits per heavy atom. The van der Waals surface area contributed by atoms with Crippen molar-refractivity contribution in [3.63, 3.8) is 0 Å². The summed E-state index contributed by atoms with van der Waals surface area (Å²) in [6.07, 6.45) is 0. The van der Waals surface area contributed by atoms with E-state index in [4.69, 9.17) is 0 Å². The largest absolute Gasteiger partial charge is 0.304 e. The summed E-state index contributed by atoms with van der Waals surface area (Å²) in [7, 11) is 2.12. The molecule has 0 saturated carbocycles. The molecule has 126 valence electrons. The number of rotatable bonds is 5. The molecule has 1 fully saturated rings. The fourth-order valence-corrected chi connectivity index (χ4v) is 2.81. The van der Waals surface area contributed by atoms with Crippen LogP contribution >= 0.6 is 0 Å².